The summed E-state index contributed by atoms with van der Waals surface area (Å²) in [5, 5.41) is 13.9. The first-order valence-electron chi connectivity index (χ1n) is 4.47. The smallest absolute Gasteiger partial charge is 0.108 e. The number of aromatic nitrogens is 2. The Labute approximate surface area is 86.6 Å². The van der Waals surface area contributed by atoms with E-state index in [1.807, 2.05) is 31.3 Å². The Morgan fingerprint density at radius 3 is 3.00 bits per heavy atom. The highest BCUT2D eigenvalue weighted by atomic mass is 32.1. The zero-order valence-electron chi connectivity index (χ0n) is 7.92. The lowest BCUT2D eigenvalue weighted by atomic mass is 10.3. The van der Waals surface area contributed by atoms with E-state index < -0.39 is 6.10 Å². The summed E-state index contributed by atoms with van der Waals surface area (Å²) in [7, 11) is 0. The molecule has 0 bridgehead atoms. The van der Waals surface area contributed by atoms with Gasteiger partial charge in [-0.05, 0) is 25.1 Å². The largest absolute Gasteiger partial charge is 0.386 e. The molecule has 0 radical (unpaired) electrons. The monoisotopic (exact) mass is 208 g/mol. The Morgan fingerprint density at radius 2 is 2.43 bits per heavy atom. The molecule has 0 aliphatic rings. The second kappa shape index (κ2) is 3.94. The Bertz CT molecular complexity index is 394. The second-order valence-corrected chi connectivity index (χ2v) is 4.51. The fourth-order valence-electron chi connectivity index (χ4n) is 1.31. The summed E-state index contributed by atoms with van der Waals surface area (Å²) in [6.07, 6.45) is 3.12. The van der Waals surface area contributed by atoms with Crippen LogP contribution in [0.5, 0.6) is 0 Å². The standard InChI is InChI=1S/C10H12N2OS/c1-8-3-4-10(14-8)9(13)7-12-6-2-5-11-12/h2-6,9,13H,7H2,1H3. The number of aryl methyl sites for hydroxylation is 1. The second-order valence-electron chi connectivity index (χ2n) is 3.19. The van der Waals surface area contributed by atoms with Crippen molar-refractivity contribution in [3.63, 3.8) is 0 Å². The van der Waals surface area contributed by atoms with Gasteiger partial charge in [-0.15, -0.1) is 11.3 Å². The van der Waals surface area contributed by atoms with E-state index in [1.165, 1.54) is 4.88 Å². The van der Waals surface area contributed by atoms with Gasteiger partial charge in [0.25, 0.3) is 0 Å². The number of rotatable bonds is 3. The fraction of sp³-hybridized carbons (Fsp3) is 0.300. The van der Waals surface area contributed by atoms with Gasteiger partial charge in [-0.25, -0.2) is 0 Å². The SMILES string of the molecule is Cc1ccc(C(O)Cn2cccn2)s1. The molecule has 2 heterocycles. The van der Waals surface area contributed by atoms with E-state index in [9.17, 15) is 5.11 Å². The number of aliphatic hydroxyl groups is 1. The van der Waals surface area contributed by atoms with Crippen LogP contribution in [0.4, 0.5) is 0 Å². The molecule has 4 heteroatoms. The summed E-state index contributed by atoms with van der Waals surface area (Å²) in [6, 6.07) is 5.84. The molecule has 1 atom stereocenters. The molecule has 0 aliphatic carbocycles. The summed E-state index contributed by atoms with van der Waals surface area (Å²) < 4.78 is 1.74. The molecular formula is C10H12N2OS. The highest BCUT2D eigenvalue weighted by Gasteiger charge is 2.09. The van der Waals surface area contributed by atoms with Crippen LogP contribution in [0.25, 0.3) is 0 Å². The van der Waals surface area contributed by atoms with Crippen molar-refractivity contribution < 1.29 is 5.11 Å². The van der Waals surface area contributed by atoms with Crippen LogP contribution in [-0.2, 0) is 6.54 Å². The number of nitrogens with zero attached hydrogens (tertiary/aromatic N) is 2. The third kappa shape index (κ3) is 2.02. The van der Waals surface area contributed by atoms with Crippen LogP contribution in [0.2, 0.25) is 0 Å². The van der Waals surface area contributed by atoms with E-state index in [0.29, 0.717) is 6.54 Å². The maximum absolute atomic E-state index is 9.86. The minimum atomic E-state index is -0.450. The van der Waals surface area contributed by atoms with Crippen LogP contribution in [0.1, 0.15) is 15.9 Å². The summed E-state index contributed by atoms with van der Waals surface area (Å²) in [5.74, 6) is 0. The Morgan fingerprint density at radius 1 is 1.57 bits per heavy atom. The van der Waals surface area contributed by atoms with Crippen LogP contribution >= 0.6 is 11.3 Å². The van der Waals surface area contributed by atoms with Crippen LogP contribution in [0, 0.1) is 6.92 Å². The third-order valence-corrected chi connectivity index (χ3v) is 3.11. The van der Waals surface area contributed by atoms with E-state index in [-0.39, 0.29) is 0 Å². The summed E-state index contributed by atoms with van der Waals surface area (Å²) in [5.41, 5.74) is 0. The van der Waals surface area contributed by atoms with Crippen LogP contribution < -0.4 is 0 Å². The molecule has 0 saturated heterocycles. The maximum atomic E-state index is 9.86. The van der Waals surface area contributed by atoms with Crippen LogP contribution in [0.15, 0.2) is 30.6 Å². The molecule has 3 nitrogen and oxygen atoms in total. The Balaban J connectivity index is 2.06. The van der Waals surface area contributed by atoms with Gasteiger partial charge in [0.05, 0.1) is 6.54 Å². The molecule has 14 heavy (non-hydrogen) atoms. The molecule has 2 rings (SSSR count). The quantitative estimate of drug-likeness (QED) is 0.837. The van der Waals surface area contributed by atoms with Crippen molar-refractivity contribution in [1.29, 1.82) is 0 Å². The van der Waals surface area contributed by atoms with Crippen molar-refractivity contribution in [3.05, 3.63) is 40.3 Å². The van der Waals surface area contributed by atoms with Crippen LogP contribution in [-0.4, -0.2) is 14.9 Å². The number of hydrogen-bond donors (Lipinski definition) is 1. The lowest BCUT2D eigenvalue weighted by molar-refractivity contribution is 0.155. The molecule has 2 aromatic rings. The molecule has 0 spiro atoms. The van der Waals surface area contributed by atoms with Gasteiger partial charge in [-0.1, -0.05) is 0 Å². The van der Waals surface area contributed by atoms with Gasteiger partial charge in [-0.3, -0.25) is 4.68 Å². The van der Waals surface area contributed by atoms with Gasteiger partial charge in [0.15, 0.2) is 0 Å². The first kappa shape index (κ1) is 9.43. The highest BCUT2D eigenvalue weighted by Crippen LogP contribution is 2.23. The van der Waals surface area contributed by atoms with Crippen molar-refractivity contribution in [1.82, 2.24) is 9.78 Å². The fourth-order valence-corrected chi connectivity index (χ4v) is 2.16. The van der Waals surface area contributed by atoms with E-state index in [4.69, 9.17) is 0 Å². The highest BCUT2D eigenvalue weighted by molar-refractivity contribution is 7.11. The summed E-state index contributed by atoms with van der Waals surface area (Å²) in [6.45, 7) is 2.56. The van der Waals surface area contributed by atoms with Gasteiger partial charge in [0.1, 0.15) is 6.10 Å². The molecule has 1 N–H and O–H groups in total. The normalized spacial score (nSPS) is 13.0. The summed E-state index contributed by atoms with van der Waals surface area (Å²) in [4.78, 5) is 2.22. The van der Waals surface area contributed by atoms with E-state index in [1.54, 1.807) is 22.2 Å². The van der Waals surface area contributed by atoms with Crippen molar-refractivity contribution in [2.45, 2.75) is 19.6 Å². The van der Waals surface area contributed by atoms with Crippen molar-refractivity contribution in [2.24, 2.45) is 0 Å². The Hall–Kier alpha value is -1.13. The number of thiophene rings is 1. The average molecular weight is 208 g/mol. The van der Waals surface area contributed by atoms with E-state index in [0.717, 1.165) is 4.88 Å². The molecule has 0 aromatic carbocycles. The zero-order chi connectivity index (χ0) is 9.97. The van der Waals surface area contributed by atoms with Crippen molar-refractivity contribution >= 4 is 11.3 Å². The first-order valence-corrected chi connectivity index (χ1v) is 5.29. The van der Waals surface area contributed by atoms with Gasteiger partial charge in [0, 0.05) is 22.1 Å². The minimum Gasteiger partial charge on any atom is -0.386 e. The van der Waals surface area contributed by atoms with E-state index in [2.05, 4.69) is 5.10 Å². The van der Waals surface area contributed by atoms with E-state index >= 15 is 0 Å². The van der Waals surface area contributed by atoms with Gasteiger partial charge < -0.3 is 5.11 Å². The van der Waals surface area contributed by atoms with Crippen molar-refractivity contribution in [3.8, 4) is 0 Å². The molecule has 0 aliphatic heterocycles. The van der Waals surface area contributed by atoms with Gasteiger partial charge >= 0.3 is 0 Å². The molecular weight excluding hydrogens is 196 g/mol. The number of hydrogen-bond acceptors (Lipinski definition) is 3. The van der Waals surface area contributed by atoms with Crippen LogP contribution in [0.3, 0.4) is 0 Å². The third-order valence-electron chi connectivity index (χ3n) is 2.01. The predicted molar refractivity (Wildman–Crippen MR) is 56.2 cm³/mol. The maximum Gasteiger partial charge on any atom is 0.108 e. The summed E-state index contributed by atoms with van der Waals surface area (Å²) >= 11 is 1.63. The molecule has 1 unspecified atom stereocenters. The lowest BCUT2D eigenvalue weighted by Crippen LogP contribution is -2.07. The minimum absolute atomic E-state index is 0.450. The molecule has 2 aromatic heterocycles. The zero-order valence-corrected chi connectivity index (χ0v) is 8.74. The topological polar surface area (TPSA) is 38.0 Å². The molecule has 0 amide bonds. The first-order chi connectivity index (χ1) is 6.75. The van der Waals surface area contributed by atoms with Crippen molar-refractivity contribution in [2.75, 3.05) is 0 Å². The average Bonchev–Trinajstić information content (AvgIpc) is 2.75. The molecule has 0 saturated carbocycles. The predicted octanol–water partition coefficient (Wildman–Crippen LogP) is 1.99. The van der Waals surface area contributed by atoms with Gasteiger partial charge in [0.2, 0.25) is 0 Å². The molecule has 0 fully saturated rings. The Kier molecular flexibility index (Phi) is 2.65. The lowest BCUT2D eigenvalue weighted by Gasteiger charge is -2.07. The van der Waals surface area contributed by atoms with Gasteiger partial charge in [-0.2, -0.15) is 5.10 Å². The number of aliphatic hydroxyl groups excluding tert-OH is 1. The molecule has 74 valence electrons.